The van der Waals surface area contributed by atoms with E-state index >= 15 is 0 Å². The molecule has 2 fully saturated rings. The van der Waals surface area contributed by atoms with Crippen molar-refractivity contribution in [2.24, 2.45) is 11.8 Å². The maximum atomic E-state index is 13.7. The summed E-state index contributed by atoms with van der Waals surface area (Å²) >= 11 is 5.98. The van der Waals surface area contributed by atoms with Crippen LogP contribution in [0, 0.1) is 17.7 Å². The summed E-state index contributed by atoms with van der Waals surface area (Å²) in [5.74, 6) is -3.38. The van der Waals surface area contributed by atoms with Crippen LogP contribution >= 0.6 is 11.6 Å². The summed E-state index contributed by atoms with van der Waals surface area (Å²) in [6, 6.07) is 18.1. The van der Waals surface area contributed by atoms with E-state index in [1.165, 1.54) is 24.3 Å². The second kappa shape index (κ2) is 8.06. The Balaban J connectivity index is 1.43. The van der Waals surface area contributed by atoms with Gasteiger partial charge in [-0.1, -0.05) is 42.0 Å². The molecule has 174 valence electrons. The predicted octanol–water partition coefficient (Wildman–Crippen LogP) is 4.51. The summed E-state index contributed by atoms with van der Waals surface area (Å²) in [6.45, 7) is 0. The number of anilines is 3. The standard InChI is InChI=1S/C27H19ClFN3O3/c28-16-6-10-18(11-7-16)30-25(33)24-23-22(21-14-5-15-3-1-2-4-20(15)32(21)24)26(34)31(27(23)35)19-12-8-17(29)9-13-19/h1-14,21-24H,(H,30,33)/t21-,22-,23-,24+/m0/s1. The number of carbonyl (C=O) groups is 3. The van der Waals surface area contributed by atoms with Gasteiger partial charge in [0.05, 0.1) is 23.6 Å². The Bertz CT molecular complexity index is 1390. The number of halogens is 2. The fraction of sp³-hybridized carbons (Fsp3) is 0.148. The van der Waals surface area contributed by atoms with Gasteiger partial charge in [0.25, 0.3) is 0 Å². The Labute approximate surface area is 205 Å². The maximum absolute atomic E-state index is 13.7. The minimum atomic E-state index is -0.923. The van der Waals surface area contributed by atoms with Crippen LogP contribution < -0.4 is 15.1 Å². The highest BCUT2D eigenvalue weighted by molar-refractivity contribution is 6.30. The van der Waals surface area contributed by atoms with Crippen LogP contribution in [-0.2, 0) is 14.4 Å². The lowest BCUT2D eigenvalue weighted by atomic mass is 9.88. The molecular weight excluding hydrogens is 469 g/mol. The molecular formula is C27H19ClFN3O3. The summed E-state index contributed by atoms with van der Waals surface area (Å²) in [7, 11) is 0. The van der Waals surface area contributed by atoms with Crippen molar-refractivity contribution in [1.82, 2.24) is 0 Å². The van der Waals surface area contributed by atoms with Gasteiger partial charge in [-0.15, -0.1) is 0 Å². The van der Waals surface area contributed by atoms with Crippen LogP contribution in [0.15, 0.2) is 78.9 Å². The molecule has 0 aliphatic carbocycles. The molecule has 0 aromatic heterocycles. The van der Waals surface area contributed by atoms with E-state index in [0.717, 1.165) is 16.2 Å². The minimum absolute atomic E-state index is 0.291. The Morgan fingerprint density at radius 2 is 1.57 bits per heavy atom. The summed E-state index contributed by atoms with van der Waals surface area (Å²) in [6.07, 6.45) is 3.81. The molecule has 0 saturated carbocycles. The van der Waals surface area contributed by atoms with Crippen LogP contribution in [-0.4, -0.2) is 29.8 Å². The van der Waals surface area contributed by atoms with Crippen molar-refractivity contribution >= 4 is 52.5 Å². The van der Waals surface area contributed by atoms with Crippen molar-refractivity contribution in [2.45, 2.75) is 12.1 Å². The number of carbonyl (C=O) groups excluding carboxylic acids is 3. The van der Waals surface area contributed by atoms with Gasteiger partial charge in [-0.2, -0.15) is 0 Å². The Hall–Kier alpha value is -3.97. The minimum Gasteiger partial charge on any atom is -0.351 e. The Morgan fingerprint density at radius 1 is 0.886 bits per heavy atom. The van der Waals surface area contributed by atoms with Crippen LogP contribution in [0.1, 0.15) is 5.56 Å². The topological polar surface area (TPSA) is 69.7 Å². The molecule has 3 aromatic rings. The lowest BCUT2D eigenvalue weighted by Gasteiger charge is -2.36. The molecule has 6 nitrogen and oxygen atoms in total. The van der Waals surface area contributed by atoms with Crippen LogP contribution in [0.4, 0.5) is 21.5 Å². The van der Waals surface area contributed by atoms with Crippen molar-refractivity contribution in [2.75, 3.05) is 15.1 Å². The first-order valence-electron chi connectivity index (χ1n) is 11.2. The van der Waals surface area contributed by atoms with E-state index in [2.05, 4.69) is 5.32 Å². The Kier molecular flexibility index (Phi) is 4.96. The summed E-state index contributed by atoms with van der Waals surface area (Å²) in [4.78, 5) is 44.0. The van der Waals surface area contributed by atoms with E-state index in [4.69, 9.17) is 11.6 Å². The van der Waals surface area contributed by atoms with Gasteiger partial charge in [0.15, 0.2) is 0 Å². The quantitative estimate of drug-likeness (QED) is 0.552. The van der Waals surface area contributed by atoms with Crippen LogP contribution in [0.5, 0.6) is 0 Å². The second-order valence-corrected chi connectivity index (χ2v) is 9.23. The van der Waals surface area contributed by atoms with E-state index < -0.39 is 47.5 Å². The van der Waals surface area contributed by atoms with Crippen molar-refractivity contribution in [3.8, 4) is 0 Å². The molecule has 8 heteroatoms. The van der Waals surface area contributed by atoms with E-state index in [-0.39, 0.29) is 0 Å². The van der Waals surface area contributed by atoms with Gasteiger partial charge >= 0.3 is 0 Å². The first-order chi connectivity index (χ1) is 16.9. The largest absolute Gasteiger partial charge is 0.351 e. The molecule has 4 atom stereocenters. The monoisotopic (exact) mass is 487 g/mol. The highest BCUT2D eigenvalue weighted by Crippen LogP contribution is 2.49. The molecule has 1 N–H and O–H groups in total. The second-order valence-electron chi connectivity index (χ2n) is 8.80. The third kappa shape index (κ3) is 3.34. The molecule has 2 saturated heterocycles. The van der Waals surface area contributed by atoms with Gasteiger partial charge in [-0.3, -0.25) is 14.4 Å². The zero-order valence-corrected chi connectivity index (χ0v) is 19.0. The molecule has 3 aliphatic rings. The lowest BCUT2D eigenvalue weighted by Crippen LogP contribution is -2.50. The number of benzene rings is 3. The first kappa shape index (κ1) is 21.6. The third-order valence-corrected chi connectivity index (χ3v) is 7.13. The molecule has 3 heterocycles. The molecule has 6 rings (SSSR count). The van der Waals surface area contributed by atoms with Gasteiger partial charge in [-0.05, 0) is 60.2 Å². The van der Waals surface area contributed by atoms with Crippen molar-refractivity contribution in [1.29, 1.82) is 0 Å². The highest BCUT2D eigenvalue weighted by atomic mass is 35.5. The molecule has 0 bridgehead atoms. The van der Waals surface area contributed by atoms with E-state index in [1.807, 2.05) is 41.3 Å². The zero-order valence-electron chi connectivity index (χ0n) is 18.3. The zero-order chi connectivity index (χ0) is 24.3. The molecule has 3 amide bonds. The predicted molar refractivity (Wildman–Crippen MR) is 131 cm³/mol. The van der Waals surface area contributed by atoms with E-state index in [9.17, 15) is 18.8 Å². The third-order valence-electron chi connectivity index (χ3n) is 6.88. The van der Waals surface area contributed by atoms with Gasteiger partial charge in [0.1, 0.15) is 11.9 Å². The number of fused-ring (bicyclic) bond motifs is 5. The van der Waals surface area contributed by atoms with Gasteiger partial charge in [0.2, 0.25) is 17.7 Å². The van der Waals surface area contributed by atoms with E-state index in [0.29, 0.717) is 16.4 Å². The fourth-order valence-corrected chi connectivity index (χ4v) is 5.53. The van der Waals surface area contributed by atoms with Crippen LogP contribution in [0.3, 0.4) is 0 Å². The molecule has 3 aromatic carbocycles. The van der Waals surface area contributed by atoms with Crippen molar-refractivity contribution in [3.63, 3.8) is 0 Å². The number of para-hydroxylation sites is 1. The highest BCUT2D eigenvalue weighted by Gasteiger charge is 2.64. The van der Waals surface area contributed by atoms with Gasteiger partial charge in [0, 0.05) is 16.4 Å². The van der Waals surface area contributed by atoms with Crippen molar-refractivity contribution < 1.29 is 18.8 Å². The van der Waals surface area contributed by atoms with Crippen LogP contribution in [0.25, 0.3) is 6.08 Å². The number of nitrogens with one attached hydrogen (secondary N) is 1. The summed E-state index contributed by atoms with van der Waals surface area (Å²) in [5.41, 5.74) is 2.52. The van der Waals surface area contributed by atoms with Gasteiger partial charge < -0.3 is 10.2 Å². The SMILES string of the molecule is O=C(Nc1ccc(Cl)cc1)[C@H]1[C@H]2C(=O)N(c3ccc(F)cc3)C(=O)[C@H]2[C@@H]2C=Cc3ccccc3N21. The number of imide groups is 1. The number of rotatable bonds is 3. The normalized spacial score (nSPS) is 24.3. The number of amides is 3. The number of nitrogens with zero attached hydrogens (tertiary/aromatic N) is 2. The molecule has 3 aliphatic heterocycles. The summed E-state index contributed by atoms with van der Waals surface area (Å²) in [5, 5.41) is 3.42. The van der Waals surface area contributed by atoms with Gasteiger partial charge in [-0.25, -0.2) is 9.29 Å². The molecule has 35 heavy (non-hydrogen) atoms. The number of hydrogen-bond acceptors (Lipinski definition) is 4. The number of hydrogen-bond donors (Lipinski definition) is 1. The summed E-state index contributed by atoms with van der Waals surface area (Å²) < 4.78 is 13.5. The average molecular weight is 488 g/mol. The molecule has 0 unspecified atom stereocenters. The first-order valence-corrected chi connectivity index (χ1v) is 11.6. The van der Waals surface area contributed by atoms with E-state index in [1.54, 1.807) is 24.3 Å². The maximum Gasteiger partial charge on any atom is 0.247 e. The fourth-order valence-electron chi connectivity index (χ4n) is 5.41. The Morgan fingerprint density at radius 3 is 2.31 bits per heavy atom. The van der Waals surface area contributed by atoms with Crippen molar-refractivity contribution in [3.05, 3.63) is 95.3 Å². The molecule has 0 spiro atoms. The lowest BCUT2D eigenvalue weighted by molar-refractivity contribution is -0.126. The smallest absolute Gasteiger partial charge is 0.247 e. The van der Waals surface area contributed by atoms with Crippen LogP contribution in [0.2, 0.25) is 5.02 Å². The average Bonchev–Trinajstić information content (AvgIpc) is 3.34. The molecule has 0 radical (unpaired) electrons.